The number of hydrogen-bond donors (Lipinski definition) is 3. The second-order valence-electron chi connectivity index (χ2n) is 3.63. The maximum atomic E-state index is 12.9. The molecule has 0 spiro atoms. The van der Waals surface area contributed by atoms with Crippen molar-refractivity contribution >= 4 is 0 Å². The molecule has 0 unspecified atom stereocenters. The van der Waals surface area contributed by atoms with Crippen LogP contribution in [0.15, 0.2) is 24.5 Å². The minimum absolute atomic E-state index is 0.0959. The summed E-state index contributed by atoms with van der Waals surface area (Å²) in [6.07, 6.45) is 2.16. The van der Waals surface area contributed by atoms with Gasteiger partial charge in [-0.25, -0.2) is 9.37 Å². The number of phenols is 1. The fourth-order valence-electron chi connectivity index (χ4n) is 1.48. The van der Waals surface area contributed by atoms with Gasteiger partial charge in [0.2, 0.25) is 0 Å². The lowest BCUT2D eigenvalue weighted by molar-refractivity contribution is 0.461. The van der Waals surface area contributed by atoms with Gasteiger partial charge < -0.3 is 10.4 Å². The number of nitrogens with one attached hydrogen (secondary N) is 2. The summed E-state index contributed by atoms with van der Waals surface area (Å²) in [6.45, 7) is 1.09. The molecular formula is C11H13FN4O. The van der Waals surface area contributed by atoms with E-state index < -0.39 is 0 Å². The highest BCUT2D eigenvalue weighted by molar-refractivity contribution is 5.32. The van der Waals surface area contributed by atoms with E-state index in [-0.39, 0.29) is 11.6 Å². The van der Waals surface area contributed by atoms with Gasteiger partial charge >= 0.3 is 0 Å². The molecule has 3 N–H and O–H groups in total. The summed E-state index contributed by atoms with van der Waals surface area (Å²) in [4.78, 5) is 3.98. The normalized spacial score (nSPS) is 10.6. The fraction of sp³-hybridized carbons (Fsp3) is 0.273. The van der Waals surface area contributed by atoms with E-state index in [4.69, 9.17) is 0 Å². The molecule has 2 aromatic rings. The summed E-state index contributed by atoms with van der Waals surface area (Å²) in [5, 5.41) is 19.1. The molecule has 90 valence electrons. The molecule has 0 saturated heterocycles. The lowest BCUT2D eigenvalue weighted by atomic mass is 10.2. The number of halogens is 1. The first-order valence-electron chi connectivity index (χ1n) is 5.28. The van der Waals surface area contributed by atoms with Crippen LogP contribution >= 0.6 is 0 Å². The average molecular weight is 236 g/mol. The molecule has 5 nitrogen and oxygen atoms in total. The predicted molar refractivity (Wildman–Crippen MR) is 59.9 cm³/mol. The lowest BCUT2D eigenvalue weighted by Gasteiger charge is -2.06. The standard InChI is InChI=1S/C11H13FN4O/c12-9-1-2-10(17)8(5-9)6-13-4-3-11-14-7-15-16-11/h1-2,5,7,13,17H,3-4,6H2,(H,14,15,16). The molecule has 0 aliphatic carbocycles. The topological polar surface area (TPSA) is 73.8 Å². The van der Waals surface area contributed by atoms with Gasteiger partial charge in [0.15, 0.2) is 0 Å². The number of aromatic amines is 1. The van der Waals surface area contributed by atoms with E-state index in [1.54, 1.807) is 0 Å². The van der Waals surface area contributed by atoms with Crippen LogP contribution in [-0.4, -0.2) is 26.8 Å². The van der Waals surface area contributed by atoms with Crippen molar-refractivity contribution < 1.29 is 9.50 Å². The Morgan fingerprint density at radius 1 is 1.41 bits per heavy atom. The van der Waals surface area contributed by atoms with Crippen molar-refractivity contribution in [2.75, 3.05) is 6.54 Å². The second-order valence-corrected chi connectivity index (χ2v) is 3.63. The molecule has 0 atom stereocenters. The van der Waals surface area contributed by atoms with Gasteiger partial charge in [-0.2, -0.15) is 5.10 Å². The second kappa shape index (κ2) is 5.40. The quantitative estimate of drug-likeness (QED) is 0.677. The van der Waals surface area contributed by atoms with Crippen LogP contribution in [0.5, 0.6) is 5.75 Å². The molecule has 0 aliphatic heterocycles. The predicted octanol–water partition coefficient (Wildman–Crippen LogP) is 0.982. The number of nitrogens with zero attached hydrogens (tertiary/aromatic N) is 2. The van der Waals surface area contributed by atoms with Crippen LogP contribution in [0.2, 0.25) is 0 Å². The van der Waals surface area contributed by atoms with Crippen LogP contribution in [0, 0.1) is 5.82 Å². The van der Waals surface area contributed by atoms with Crippen molar-refractivity contribution in [2.45, 2.75) is 13.0 Å². The smallest absolute Gasteiger partial charge is 0.137 e. The third kappa shape index (κ3) is 3.25. The summed E-state index contributed by atoms with van der Waals surface area (Å²) < 4.78 is 12.9. The molecule has 0 aliphatic rings. The number of aromatic nitrogens is 3. The molecule has 0 amide bonds. The first-order chi connectivity index (χ1) is 8.25. The molecule has 1 heterocycles. The van der Waals surface area contributed by atoms with Gasteiger partial charge in [0.05, 0.1) is 0 Å². The van der Waals surface area contributed by atoms with Crippen LogP contribution in [0.25, 0.3) is 0 Å². The van der Waals surface area contributed by atoms with Crippen molar-refractivity contribution in [1.29, 1.82) is 0 Å². The van der Waals surface area contributed by atoms with Crippen LogP contribution in [0.4, 0.5) is 4.39 Å². The van der Waals surface area contributed by atoms with Gasteiger partial charge in [-0.3, -0.25) is 5.10 Å². The molecule has 1 aromatic heterocycles. The largest absolute Gasteiger partial charge is 0.508 e. The van der Waals surface area contributed by atoms with Crippen molar-refractivity contribution in [2.24, 2.45) is 0 Å². The number of benzene rings is 1. The van der Waals surface area contributed by atoms with Crippen LogP contribution in [0.1, 0.15) is 11.4 Å². The van der Waals surface area contributed by atoms with E-state index in [2.05, 4.69) is 20.5 Å². The van der Waals surface area contributed by atoms with Gasteiger partial charge in [0.25, 0.3) is 0 Å². The van der Waals surface area contributed by atoms with Crippen LogP contribution in [0.3, 0.4) is 0 Å². The summed E-state index contributed by atoms with van der Waals surface area (Å²) >= 11 is 0. The third-order valence-electron chi connectivity index (χ3n) is 2.36. The number of aromatic hydroxyl groups is 1. The molecule has 0 radical (unpaired) electrons. The monoisotopic (exact) mass is 236 g/mol. The number of hydrogen-bond acceptors (Lipinski definition) is 4. The highest BCUT2D eigenvalue weighted by Gasteiger charge is 2.02. The zero-order valence-corrected chi connectivity index (χ0v) is 9.15. The third-order valence-corrected chi connectivity index (χ3v) is 2.36. The minimum atomic E-state index is -0.352. The molecule has 0 saturated carbocycles. The average Bonchev–Trinajstić information content (AvgIpc) is 2.82. The maximum absolute atomic E-state index is 12.9. The molecule has 0 bridgehead atoms. The van der Waals surface area contributed by atoms with Crippen LogP contribution in [-0.2, 0) is 13.0 Å². The Morgan fingerprint density at radius 2 is 2.29 bits per heavy atom. The van der Waals surface area contributed by atoms with Gasteiger partial charge in [-0.15, -0.1) is 0 Å². The Hall–Kier alpha value is -1.95. The van der Waals surface area contributed by atoms with Crippen molar-refractivity contribution in [3.63, 3.8) is 0 Å². The Bertz CT molecular complexity index is 472. The zero-order chi connectivity index (χ0) is 12.1. The number of H-pyrrole nitrogens is 1. The SMILES string of the molecule is Oc1ccc(F)cc1CNCCc1ncn[nH]1. The molecule has 17 heavy (non-hydrogen) atoms. The molecular weight excluding hydrogens is 223 g/mol. The number of rotatable bonds is 5. The Kier molecular flexibility index (Phi) is 3.66. The Balaban J connectivity index is 1.80. The van der Waals surface area contributed by atoms with E-state index in [9.17, 15) is 9.50 Å². The summed E-state index contributed by atoms with van der Waals surface area (Å²) in [5.74, 6) is 0.536. The highest BCUT2D eigenvalue weighted by Crippen LogP contribution is 2.17. The molecule has 2 rings (SSSR count). The van der Waals surface area contributed by atoms with Crippen LogP contribution < -0.4 is 5.32 Å². The maximum Gasteiger partial charge on any atom is 0.137 e. The zero-order valence-electron chi connectivity index (χ0n) is 9.15. The Morgan fingerprint density at radius 3 is 3.06 bits per heavy atom. The minimum Gasteiger partial charge on any atom is -0.508 e. The number of phenolic OH excluding ortho intramolecular Hbond substituents is 1. The van der Waals surface area contributed by atoms with Gasteiger partial charge in [-0.1, -0.05) is 0 Å². The summed E-state index contributed by atoms with van der Waals surface area (Å²) in [7, 11) is 0. The highest BCUT2D eigenvalue weighted by atomic mass is 19.1. The first kappa shape index (κ1) is 11.5. The van der Waals surface area contributed by atoms with Gasteiger partial charge in [0.1, 0.15) is 23.7 Å². The first-order valence-corrected chi connectivity index (χ1v) is 5.28. The van der Waals surface area contributed by atoms with Gasteiger partial charge in [0, 0.05) is 25.1 Å². The molecule has 6 heteroatoms. The van der Waals surface area contributed by atoms with Crippen molar-refractivity contribution in [3.8, 4) is 5.75 Å². The van der Waals surface area contributed by atoms with E-state index in [1.807, 2.05) is 0 Å². The summed E-state index contributed by atoms with van der Waals surface area (Å²) in [5.41, 5.74) is 0.544. The van der Waals surface area contributed by atoms with Gasteiger partial charge in [-0.05, 0) is 18.2 Å². The van der Waals surface area contributed by atoms with E-state index in [0.717, 1.165) is 5.82 Å². The van der Waals surface area contributed by atoms with Crippen molar-refractivity contribution in [3.05, 3.63) is 41.7 Å². The summed E-state index contributed by atoms with van der Waals surface area (Å²) in [6, 6.07) is 3.90. The van der Waals surface area contributed by atoms with E-state index in [0.29, 0.717) is 25.1 Å². The van der Waals surface area contributed by atoms with Crippen molar-refractivity contribution in [1.82, 2.24) is 20.5 Å². The lowest BCUT2D eigenvalue weighted by Crippen LogP contribution is -2.17. The molecule has 0 fully saturated rings. The molecule has 1 aromatic carbocycles. The Labute approximate surface area is 97.7 Å². The fourth-order valence-corrected chi connectivity index (χ4v) is 1.48. The van der Waals surface area contributed by atoms with E-state index in [1.165, 1.54) is 24.5 Å². The van der Waals surface area contributed by atoms with E-state index >= 15 is 0 Å².